The van der Waals surface area contributed by atoms with Crippen molar-refractivity contribution in [3.63, 3.8) is 0 Å². The summed E-state index contributed by atoms with van der Waals surface area (Å²) in [7, 11) is 0. The summed E-state index contributed by atoms with van der Waals surface area (Å²) in [6.07, 6.45) is 11.9. The van der Waals surface area contributed by atoms with Crippen LogP contribution in [0, 0.1) is 47.8 Å². The summed E-state index contributed by atoms with van der Waals surface area (Å²) in [6.45, 7) is 8.83. The largest absolute Gasteiger partial charge is 0.0588 e. The maximum atomic E-state index is 6.18. The molecule has 5 saturated carbocycles. The Labute approximate surface area is 107 Å². The van der Waals surface area contributed by atoms with Crippen LogP contribution in [0.1, 0.15) is 58.3 Å². The monoisotopic (exact) mass is 230 g/mol. The Kier molecular flexibility index (Phi) is 2.25. The molecule has 0 aromatic rings. The van der Waals surface area contributed by atoms with Crippen molar-refractivity contribution in [2.24, 2.45) is 40.9 Å². The van der Waals surface area contributed by atoms with Crippen molar-refractivity contribution in [3.8, 4) is 0 Å². The third kappa shape index (κ3) is 1.42. The Morgan fingerprint density at radius 3 is 1.82 bits per heavy atom. The van der Waals surface area contributed by atoms with Gasteiger partial charge in [-0.25, -0.2) is 0 Å². The molecule has 2 radical (unpaired) electrons. The lowest BCUT2D eigenvalue weighted by Gasteiger charge is -2.62. The average molecular weight is 230 g/mol. The predicted molar refractivity (Wildman–Crippen MR) is 70.3 cm³/mol. The SMILES string of the molecule is [CH]C1CCC(C2(C)C3CC4CC(C3)CC2C4)C1. The Bertz CT molecular complexity index is 282. The molecular formula is C17H26. The van der Waals surface area contributed by atoms with Crippen LogP contribution in [-0.2, 0) is 0 Å². The van der Waals surface area contributed by atoms with Crippen LogP contribution in [-0.4, -0.2) is 0 Å². The average Bonchev–Trinajstić information content (AvgIpc) is 2.72. The molecule has 5 aliphatic rings. The first-order valence-electron chi connectivity index (χ1n) is 7.91. The minimum Gasteiger partial charge on any atom is -0.0588 e. The van der Waals surface area contributed by atoms with Gasteiger partial charge in [-0.1, -0.05) is 6.92 Å². The Balaban J connectivity index is 1.64. The molecule has 0 nitrogen and oxygen atoms in total. The molecule has 2 unspecified atom stereocenters. The highest BCUT2D eigenvalue weighted by atomic mass is 14.6. The zero-order valence-electron chi connectivity index (χ0n) is 11.2. The van der Waals surface area contributed by atoms with Crippen molar-refractivity contribution in [1.29, 1.82) is 0 Å². The van der Waals surface area contributed by atoms with Crippen LogP contribution in [0.2, 0.25) is 0 Å². The lowest BCUT2D eigenvalue weighted by molar-refractivity contribution is -0.129. The van der Waals surface area contributed by atoms with E-state index >= 15 is 0 Å². The van der Waals surface area contributed by atoms with Gasteiger partial charge in [0.2, 0.25) is 0 Å². The van der Waals surface area contributed by atoms with Gasteiger partial charge >= 0.3 is 0 Å². The second-order valence-electron chi connectivity index (χ2n) is 7.94. The third-order valence-corrected chi connectivity index (χ3v) is 7.25. The van der Waals surface area contributed by atoms with Crippen LogP contribution in [0.5, 0.6) is 0 Å². The van der Waals surface area contributed by atoms with E-state index in [1.807, 2.05) is 0 Å². The maximum absolute atomic E-state index is 6.18. The second kappa shape index (κ2) is 3.52. The molecule has 0 amide bonds. The van der Waals surface area contributed by atoms with E-state index in [1.54, 1.807) is 32.1 Å². The molecule has 0 aromatic carbocycles. The van der Waals surface area contributed by atoms with E-state index in [2.05, 4.69) is 6.92 Å². The van der Waals surface area contributed by atoms with Crippen molar-refractivity contribution >= 4 is 0 Å². The molecule has 0 heteroatoms. The van der Waals surface area contributed by atoms with Gasteiger partial charge in [0, 0.05) is 0 Å². The predicted octanol–water partition coefficient (Wildman–Crippen LogP) is 4.58. The fourth-order valence-electron chi connectivity index (χ4n) is 6.45. The molecule has 4 bridgehead atoms. The molecule has 0 aliphatic heterocycles. The Morgan fingerprint density at radius 2 is 1.35 bits per heavy atom. The van der Waals surface area contributed by atoms with Gasteiger partial charge < -0.3 is 0 Å². The fourth-order valence-corrected chi connectivity index (χ4v) is 6.45. The molecule has 0 heterocycles. The summed E-state index contributed by atoms with van der Waals surface area (Å²) < 4.78 is 0. The Morgan fingerprint density at radius 1 is 0.765 bits per heavy atom. The van der Waals surface area contributed by atoms with Gasteiger partial charge in [-0.3, -0.25) is 0 Å². The minimum atomic E-state index is 0.522. The van der Waals surface area contributed by atoms with Crippen LogP contribution in [0.15, 0.2) is 0 Å². The zero-order chi connectivity index (χ0) is 11.6. The van der Waals surface area contributed by atoms with E-state index in [4.69, 9.17) is 6.92 Å². The topological polar surface area (TPSA) is 0 Å². The maximum Gasteiger partial charge on any atom is -0.0240 e. The molecule has 2 atom stereocenters. The van der Waals surface area contributed by atoms with Crippen molar-refractivity contribution in [1.82, 2.24) is 0 Å². The standard InChI is InChI=1S/C17H26/c1-11-3-4-14(5-11)17(2)15-7-12-6-13(9-15)10-16(17)8-12/h1,11-16H,3-10H2,2H3. The molecule has 5 rings (SSSR count). The first-order valence-corrected chi connectivity index (χ1v) is 7.91. The molecule has 5 aliphatic carbocycles. The first kappa shape index (κ1) is 10.9. The highest BCUT2D eigenvalue weighted by Crippen LogP contribution is 2.66. The van der Waals surface area contributed by atoms with Crippen LogP contribution < -0.4 is 0 Å². The summed E-state index contributed by atoms with van der Waals surface area (Å²) in [5, 5.41) is 0. The molecule has 0 aromatic heterocycles. The van der Waals surface area contributed by atoms with E-state index in [-0.39, 0.29) is 0 Å². The fraction of sp³-hybridized carbons (Fsp3) is 0.941. The minimum absolute atomic E-state index is 0.522. The second-order valence-corrected chi connectivity index (χ2v) is 7.94. The summed E-state index contributed by atoms with van der Waals surface area (Å²) >= 11 is 0. The van der Waals surface area contributed by atoms with Crippen molar-refractivity contribution in [2.45, 2.75) is 58.3 Å². The highest BCUT2D eigenvalue weighted by Gasteiger charge is 2.57. The molecular weight excluding hydrogens is 204 g/mol. The summed E-state index contributed by atoms with van der Waals surface area (Å²) in [5.41, 5.74) is 0.682. The van der Waals surface area contributed by atoms with Gasteiger partial charge in [0.25, 0.3) is 0 Å². The Hall–Kier alpha value is 0. The van der Waals surface area contributed by atoms with Gasteiger partial charge in [-0.05, 0) is 99.2 Å². The van der Waals surface area contributed by atoms with Gasteiger partial charge in [0.05, 0.1) is 0 Å². The van der Waals surface area contributed by atoms with Gasteiger partial charge in [0.15, 0.2) is 0 Å². The molecule has 0 saturated heterocycles. The summed E-state index contributed by atoms with van der Waals surface area (Å²) in [5.74, 6) is 5.84. The zero-order valence-corrected chi connectivity index (χ0v) is 11.2. The van der Waals surface area contributed by atoms with Crippen LogP contribution in [0.25, 0.3) is 0 Å². The van der Waals surface area contributed by atoms with Gasteiger partial charge in [-0.2, -0.15) is 0 Å². The highest BCUT2D eigenvalue weighted by molar-refractivity contribution is 5.07. The van der Waals surface area contributed by atoms with E-state index in [9.17, 15) is 0 Å². The molecule has 0 N–H and O–H groups in total. The number of hydrogen-bond donors (Lipinski definition) is 0. The molecule has 0 spiro atoms. The molecule has 17 heavy (non-hydrogen) atoms. The number of rotatable bonds is 1. The summed E-state index contributed by atoms with van der Waals surface area (Å²) in [4.78, 5) is 0. The summed E-state index contributed by atoms with van der Waals surface area (Å²) in [6, 6.07) is 0. The third-order valence-electron chi connectivity index (χ3n) is 7.25. The van der Waals surface area contributed by atoms with E-state index in [0.29, 0.717) is 11.3 Å². The number of hydrogen-bond acceptors (Lipinski definition) is 0. The smallest absolute Gasteiger partial charge is 0.0240 e. The normalized spacial score (nSPS) is 61.1. The van der Waals surface area contributed by atoms with Crippen LogP contribution in [0.3, 0.4) is 0 Å². The first-order chi connectivity index (χ1) is 8.16. The van der Waals surface area contributed by atoms with Crippen LogP contribution >= 0.6 is 0 Å². The lowest BCUT2D eigenvalue weighted by atomic mass is 9.43. The van der Waals surface area contributed by atoms with Gasteiger partial charge in [0.1, 0.15) is 0 Å². The molecule has 94 valence electrons. The van der Waals surface area contributed by atoms with Crippen molar-refractivity contribution < 1.29 is 0 Å². The van der Waals surface area contributed by atoms with Crippen molar-refractivity contribution in [2.75, 3.05) is 0 Å². The lowest BCUT2D eigenvalue weighted by Crippen LogP contribution is -2.54. The van der Waals surface area contributed by atoms with E-state index in [1.165, 1.54) is 19.3 Å². The van der Waals surface area contributed by atoms with Gasteiger partial charge in [-0.15, -0.1) is 0 Å². The van der Waals surface area contributed by atoms with Crippen molar-refractivity contribution in [3.05, 3.63) is 6.92 Å². The van der Waals surface area contributed by atoms with E-state index < -0.39 is 0 Å². The van der Waals surface area contributed by atoms with E-state index in [0.717, 1.165) is 29.6 Å². The molecule has 5 fully saturated rings. The van der Waals surface area contributed by atoms with Crippen LogP contribution in [0.4, 0.5) is 0 Å². The quantitative estimate of drug-likeness (QED) is 0.618.